The van der Waals surface area contributed by atoms with Gasteiger partial charge in [-0.2, -0.15) is 11.3 Å². The molecule has 0 fully saturated rings. The number of aromatic amines is 1. The number of nitrogens with one attached hydrogen (secondary N) is 2. The van der Waals surface area contributed by atoms with Crippen molar-refractivity contribution in [3.63, 3.8) is 0 Å². The lowest BCUT2D eigenvalue weighted by Gasteiger charge is -2.29. The number of ether oxygens (including phenoxy) is 2. The number of carbonyl (C=O) groups is 1. The first-order chi connectivity index (χ1) is 22.8. The third kappa shape index (κ3) is 7.29. The summed E-state index contributed by atoms with van der Waals surface area (Å²) in [4.78, 5) is 43.8. The molecule has 0 spiro atoms. The van der Waals surface area contributed by atoms with Crippen molar-refractivity contribution in [1.82, 2.24) is 14.5 Å². The quantitative estimate of drug-likeness (QED) is 0.253. The van der Waals surface area contributed by atoms with E-state index < -0.39 is 0 Å². The average Bonchev–Trinajstić information content (AvgIpc) is 3.61. The molecule has 9 nitrogen and oxygen atoms in total. The van der Waals surface area contributed by atoms with E-state index in [0.29, 0.717) is 16.8 Å². The van der Waals surface area contributed by atoms with Crippen LogP contribution in [0.3, 0.4) is 0 Å². The van der Waals surface area contributed by atoms with E-state index >= 15 is 0 Å². The summed E-state index contributed by atoms with van der Waals surface area (Å²) in [7, 11) is 4.91. The molecule has 0 saturated heterocycles. The van der Waals surface area contributed by atoms with E-state index in [1.807, 2.05) is 41.1 Å². The molecule has 0 unspecified atom stereocenters. The van der Waals surface area contributed by atoms with Crippen molar-refractivity contribution < 1.29 is 14.3 Å². The highest BCUT2D eigenvalue weighted by atomic mass is 32.1. The number of nitrogens with zero attached hydrogens (tertiary/aromatic N) is 2. The van der Waals surface area contributed by atoms with Gasteiger partial charge in [0.25, 0.3) is 17.0 Å². The Bertz CT molecular complexity index is 2130. The molecule has 3 heterocycles. The van der Waals surface area contributed by atoms with Crippen LogP contribution in [-0.2, 0) is 26.4 Å². The normalized spacial score (nSPS) is 13.8. The lowest BCUT2D eigenvalue weighted by molar-refractivity contribution is 0.102. The summed E-state index contributed by atoms with van der Waals surface area (Å²) >= 11 is 1.52. The minimum absolute atomic E-state index is 0.170. The van der Waals surface area contributed by atoms with Gasteiger partial charge in [-0.1, -0.05) is 24.3 Å². The van der Waals surface area contributed by atoms with Gasteiger partial charge in [0.1, 0.15) is 10.7 Å². The molecule has 10 heteroatoms. The van der Waals surface area contributed by atoms with E-state index in [1.54, 1.807) is 57.7 Å². The second kappa shape index (κ2) is 14.1. The van der Waals surface area contributed by atoms with Gasteiger partial charge in [-0.05, 0) is 106 Å². The van der Waals surface area contributed by atoms with Gasteiger partial charge < -0.3 is 24.3 Å². The van der Waals surface area contributed by atoms with Crippen molar-refractivity contribution >= 4 is 35.1 Å². The molecule has 0 bridgehead atoms. The first-order valence-electron chi connectivity index (χ1n) is 15.3. The topological polar surface area (TPSA) is 106 Å². The van der Waals surface area contributed by atoms with Gasteiger partial charge in [0, 0.05) is 37.9 Å². The maximum absolute atomic E-state index is 13.0. The fourth-order valence-corrected chi connectivity index (χ4v) is 6.35. The van der Waals surface area contributed by atoms with Gasteiger partial charge in [0.2, 0.25) is 0 Å². The van der Waals surface area contributed by atoms with Crippen LogP contribution in [0.5, 0.6) is 11.5 Å². The van der Waals surface area contributed by atoms with Crippen molar-refractivity contribution in [2.24, 2.45) is 7.05 Å². The molecular formula is C37H36N4O5S. The lowest BCUT2D eigenvalue weighted by Crippen LogP contribution is -2.52. The molecule has 2 N–H and O–H groups in total. The Kier molecular flexibility index (Phi) is 9.51. The molecule has 47 heavy (non-hydrogen) atoms. The van der Waals surface area contributed by atoms with Gasteiger partial charge >= 0.3 is 0 Å². The zero-order valence-electron chi connectivity index (χ0n) is 26.5. The number of rotatable bonds is 9. The molecule has 240 valence electrons. The summed E-state index contributed by atoms with van der Waals surface area (Å²) < 4.78 is 12.3. The zero-order valence-corrected chi connectivity index (χ0v) is 27.4. The van der Waals surface area contributed by atoms with Gasteiger partial charge in [-0.25, -0.2) is 0 Å². The molecule has 3 aromatic carbocycles. The summed E-state index contributed by atoms with van der Waals surface area (Å²) in [5, 5.41) is 7.22. The SMILES string of the molecule is COc1cc2c(cc1OC)CN(CCc1ccc(NC(=O)c3ccc(C=c4[nH]c(=O)c(=Cc5ccsc5)n(C)c4=O)cc3)cc1)CC2. The third-order valence-corrected chi connectivity index (χ3v) is 9.13. The van der Waals surface area contributed by atoms with Crippen molar-refractivity contribution in [2.75, 3.05) is 32.6 Å². The smallest absolute Gasteiger partial charge is 0.274 e. The van der Waals surface area contributed by atoms with Crippen LogP contribution in [0.15, 0.2) is 87.1 Å². The fraction of sp³-hybridized carbons (Fsp3) is 0.216. The summed E-state index contributed by atoms with van der Waals surface area (Å²) in [5.74, 6) is 1.30. The number of methoxy groups -OCH3 is 2. The Morgan fingerprint density at radius 1 is 0.936 bits per heavy atom. The van der Waals surface area contributed by atoms with Gasteiger partial charge in [-0.15, -0.1) is 0 Å². The van der Waals surface area contributed by atoms with Crippen LogP contribution in [0, 0.1) is 0 Å². The largest absolute Gasteiger partial charge is 0.493 e. The Morgan fingerprint density at radius 3 is 2.34 bits per heavy atom. The number of fused-ring (bicyclic) bond motifs is 1. The number of anilines is 1. The highest BCUT2D eigenvalue weighted by Crippen LogP contribution is 2.33. The number of carbonyl (C=O) groups excluding carboxylic acids is 1. The second-order valence-electron chi connectivity index (χ2n) is 11.5. The first-order valence-corrected chi connectivity index (χ1v) is 16.3. The standard InChI is InChI=1S/C37H36N4O5S/c1-40-32(19-26-14-17-47-23-26)36(43)39-31(37(40)44)18-25-4-8-27(9-5-25)35(42)38-30-10-6-24(7-11-30)12-15-41-16-13-28-20-33(45-2)34(46-3)21-29(28)22-41/h4-11,14,17-21,23H,12-13,15-16,22H2,1-3H3,(H,38,42)(H,39,43). The van der Waals surface area contributed by atoms with Gasteiger partial charge in [0.05, 0.1) is 14.2 Å². The molecule has 1 aliphatic rings. The van der Waals surface area contributed by atoms with E-state index in [-0.39, 0.29) is 27.7 Å². The summed E-state index contributed by atoms with van der Waals surface area (Å²) in [6.07, 6.45) is 5.17. The summed E-state index contributed by atoms with van der Waals surface area (Å²) in [5.41, 5.74) is 5.84. The molecule has 2 aromatic heterocycles. The molecule has 1 amide bonds. The highest BCUT2D eigenvalue weighted by molar-refractivity contribution is 7.08. The molecule has 1 aliphatic heterocycles. The van der Waals surface area contributed by atoms with Crippen LogP contribution in [0.2, 0.25) is 0 Å². The Hall–Kier alpha value is -5.19. The molecule has 0 atom stereocenters. The van der Waals surface area contributed by atoms with Crippen molar-refractivity contribution in [2.45, 2.75) is 19.4 Å². The van der Waals surface area contributed by atoms with Crippen LogP contribution in [0.4, 0.5) is 5.69 Å². The minimum atomic E-state index is -0.355. The van der Waals surface area contributed by atoms with Crippen molar-refractivity contribution in [3.8, 4) is 11.5 Å². The van der Waals surface area contributed by atoms with Crippen LogP contribution >= 0.6 is 11.3 Å². The number of H-pyrrole nitrogens is 1. The second-order valence-corrected chi connectivity index (χ2v) is 12.3. The zero-order chi connectivity index (χ0) is 32.9. The van der Waals surface area contributed by atoms with E-state index in [2.05, 4.69) is 27.3 Å². The van der Waals surface area contributed by atoms with E-state index in [4.69, 9.17) is 9.47 Å². The average molecular weight is 649 g/mol. The van der Waals surface area contributed by atoms with E-state index in [9.17, 15) is 14.4 Å². The molecule has 6 rings (SSSR count). The number of thiophene rings is 1. The first kappa shape index (κ1) is 31.8. The van der Waals surface area contributed by atoms with Crippen molar-refractivity contribution in [3.05, 3.63) is 142 Å². The van der Waals surface area contributed by atoms with Crippen LogP contribution in [-0.4, -0.2) is 47.7 Å². The van der Waals surface area contributed by atoms with Crippen molar-refractivity contribution in [1.29, 1.82) is 0 Å². The predicted molar refractivity (Wildman–Crippen MR) is 186 cm³/mol. The predicted octanol–water partition coefficient (Wildman–Crippen LogP) is 3.66. The Balaban J connectivity index is 1.06. The molecule has 0 saturated carbocycles. The monoisotopic (exact) mass is 648 g/mol. The third-order valence-electron chi connectivity index (χ3n) is 8.43. The Morgan fingerprint density at radius 2 is 1.66 bits per heavy atom. The fourth-order valence-electron chi connectivity index (χ4n) is 5.73. The highest BCUT2D eigenvalue weighted by Gasteiger charge is 2.19. The molecule has 0 radical (unpaired) electrons. The van der Waals surface area contributed by atoms with Gasteiger partial charge in [-0.3, -0.25) is 19.3 Å². The van der Waals surface area contributed by atoms with Crippen LogP contribution < -0.4 is 36.6 Å². The minimum Gasteiger partial charge on any atom is -0.493 e. The summed E-state index contributed by atoms with van der Waals surface area (Å²) in [6, 6.07) is 20.9. The number of benzene rings is 3. The number of hydrogen-bond acceptors (Lipinski definition) is 7. The Labute approximate surface area is 276 Å². The molecule has 5 aromatic rings. The lowest BCUT2D eigenvalue weighted by atomic mass is 9.98. The molecular weight excluding hydrogens is 612 g/mol. The number of hydrogen-bond donors (Lipinski definition) is 2. The summed E-state index contributed by atoms with van der Waals surface area (Å²) in [6.45, 7) is 2.79. The maximum Gasteiger partial charge on any atom is 0.274 e. The number of amides is 1. The van der Waals surface area contributed by atoms with E-state index in [0.717, 1.165) is 49.5 Å². The molecule has 0 aliphatic carbocycles. The maximum atomic E-state index is 13.0. The van der Waals surface area contributed by atoms with E-state index in [1.165, 1.54) is 32.6 Å². The van der Waals surface area contributed by atoms with Crippen LogP contribution in [0.25, 0.3) is 12.2 Å². The van der Waals surface area contributed by atoms with Gasteiger partial charge in [0.15, 0.2) is 11.5 Å². The number of aromatic nitrogens is 2. The van der Waals surface area contributed by atoms with Crippen LogP contribution in [0.1, 0.15) is 38.2 Å².